The maximum atomic E-state index is 12.2. The number of aromatic carboxylic acids is 1. The molecule has 28 heavy (non-hydrogen) atoms. The molecular weight excluding hydrogens is 350 g/mol. The highest BCUT2D eigenvalue weighted by atomic mass is 16.4. The van der Waals surface area contributed by atoms with Gasteiger partial charge in [-0.2, -0.15) is 0 Å². The normalized spacial score (nSPS) is 17.4. The van der Waals surface area contributed by atoms with Gasteiger partial charge in [0, 0.05) is 13.0 Å². The molecule has 2 rings (SSSR count). The summed E-state index contributed by atoms with van der Waals surface area (Å²) in [6.07, 6.45) is 12.9. The zero-order valence-corrected chi connectivity index (χ0v) is 17.1. The Balaban J connectivity index is 1.89. The van der Waals surface area contributed by atoms with E-state index in [4.69, 9.17) is 5.11 Å². The lowest BCUT2D eigenvalue weighted by atomic mass is 10.1. The highest BCUT2D eigenvalue weighted by molar-refractivity contribution is 5.87. The second-order valence-electron chi connectivity index (χ2n) is 7.66. The van der Waals surface area contributed by atoms with Crippen LogP contribution in [0.2, 0.25) is 0 Å². The zero-order valence-electron chi connectivity index (χ0n) is 17.1. The Kier molecular flexibility index (Phi) is 8.24. The summed E-state index contributed by atoms with van der Waals surface area (Å²) in [6.45, 7) is 7.03. The molecule has 1 aliphatic heterocycles. The van der Waals surface area contributed by atoms with Crippen LogP contribution in [0.15, 0.2) is 59.7 Å². The smallest absolute Gasteiger partial charge is 0.335 e. The summed E-state index contributed by atoms with van der Waals surface area (Å²) < 4.78 is 0. The fraction of sp³-hybridized carbons (Fsp3) is 0.417. The van der Waals surface area contributed by atoms with Gasteiger partial charge in [0.1, 0.15) is 0 Å². The van der Waals surface area contributed by atoms with Gasteiger partial charge >= 0.3 is 5.97 Å². The highest BCUT2D eigenvalue weighted by Crippen LogP contribution is 2.21. The van der Waals surface area contributed by atoms with Crippen LogP contribution in [0.25, 0.3) is 0 Å². The van der Waals surface area contributed by atoms with Gasteiger partial charge in [-0.3, -0.25) is 4.79 Å². The average molecular weight is 382 g/mol. The van der Waals surface area contributed by atoms with Crippen LogP contribution >= 0.6 is 0 Å². The van der Waals surface area contributed by atoms with Gasteiger partial charge in [0.15, 0.2) is 0 Å². The van der Waals surface area contributed by atoms with E-state index in [1.54, 1.807) is 12.1 Å². The van der Waals surface area contributed by atoms with Crippen molar-refractivity contribution in [3.8, 4) is 0 Å². The molecule has 1 aromatic carbocycles. The highest BCUT2D eigenvalue weighted by Gasteiger charge is 2.28. The van der Waals surface area contributed by atoms with E-state index in [2.05, 4.69) is 45.1 Å². The molecule has 0 bridgehead atoms. The predicted molar refractivity (Wildman–Crippen MR) is 113 cm³/mol. The number of benzene rings is 1. The lowest BCUT2D eigenvalue weighted by molar-refractivity contribution is -0.128. The van der Waals surface area contributed by atoms with Crippen LogP contribution in [-0.4, -0.2) is 34.5 Å². The van der Waals surface area contributed by atoms with Crippen LogP contribution in [0.4, 0.5) is 0 Å². The number of carboxylic acids is 1. The van der Waals surface area contributed by atoms with Crippen molar-refractivity contribution in [2.75, 3.05) is 6.54 Å². The lowest BCUT2D eigenvalue weighted by Gasteiger charge is -2.22. The molecule has 1 heterocycles. The second kappa shape index (κ2) is 10.6. The molecule has 1 atom stereocenters. The second-order valence-corrected chi connectivity index (χ2v) is 7.66. The number of nitrogens with zero attached hydrogens (tertiary/aromatic N) is 1. The van der Waals surface area contributed by atoms with Crippen LogP contribution in [0.3, 0.4) is 0 Å². The van der Waals surface area contributed by atoms with Crippen molar-refractivity contribution in [3.05, 3.63) is 70.8 Å². The van der Waals surface area contributed by atoms with Crippen LogP contribution in [0.5, 0.6) is 0 Å². The lowest BCUT2D eigenvalue weighted by Crippen LogP contribution is -2.33. The maximum absolute atomic E-state index is 12.2. The topological polar surface area (TPSA) is 57.6 Å². The number of allylic oxidation sites excluding steroid dienone is 5. The molecule has 150 valence electrons. The summed E-state index contributed by atoms with van der Waals surface area (Å²) in [7, 11) is 0. The third-order valence-electron chi connectivity index (χ3n) is 5.02. The molecule has 1 fully saturated rings. The van der Waals surface area contributed by atoms with E-state index in [-0.39, 0.29) is 17.5 Å². The summed E-state index contributed by atoms with van der Waals surface area (Å²) >= 11 is 0. The quantitative estimate of drug-likeness (QED) is 0.474. The monoisotopic (exact) mass is 381 g/mol. The zero-order chi connectivity index (χ0) is 20.5. The first-order chi connectivity index (χ1) is 13.4. The molecule has 0 aromatic heterocycles. The number of hydrogen-bond donors (Lipinski definition) is 1. The number of carbonyl (C=O) groups is 2. The fourth-order valence-corrected chi connectivity index (χ4v) is 3.33. The molecule has 0 saturated carbocycles. The average Bonchev–Trinajstić information content (AvgIpc) is 2.99. The van der Waals surface area contributed by atoms with Crippen molar-refractivity contribution in [1.82, 2.24) is 4.90 Å². The molecule has 1 saturated heterocycles. The molecule has 4 heteroatoms. The predicted octanol–water partition coefficient (Wildman–Crippen LogP) is 5.17. The molecule has 0 spiro atoms. The Morgan fingerprint density at radius 3 is 2.57 bits per heavy atom. The van der Waals surface area contributed by atoms with Gasteiger partial charge in [0.25, 0.3) is 0 Å². The van der Waals surface area contributed by atoms with Gasteiger partial charge in [-0.15, -0.1) is 0 Å². The number of carboxylic acid groups (broad SMARTS) is 1. The van der Waals surface area contributed by atoms with Crippen LogP contribution in [0.1, 0.15) is 62.4 Å². The number of likely N-dealkylation sites (tertiary alicyclic amines) is 1. The van der Waals surface area contributed by atoms with Crippen LogP contribution in [-0.2, 0) is 11.2 Å². The maximum Gasteiger partial charge on any atom is 0.335 e. The Labute approximate surface area is 168 Å². The summed E-state index contributed by atoms with van der Waals surface area (Å²) in [5.41, 5.74) is 4.01. The van der Waals surface area contributed by atoms with Crippen molar-refractivity contribution in [3.63, 3.8) is 0 Å². The molecule has 0 aliphatic carbocycles. The number of carbonyl (C=O) groups excluding carboxylic acids is 1. The van der Waals surface area contributed by atoms with Gasteiger partial charge < -0.3 is 10.0 Å². The third kappa shape index (κ3) is 6.84. The van der Waals surface area contributed by atoms with Crippen molar-refractivity contribution in [2.45, 2.75) is 58.9 Å². The summed E-state index contributed by atoms with van der Waals surface area (Å²) in [4.78, 5) is 25.1. The molecule has 1 amide bonds. The van der Waals surface area contributed by atoms with Gasteiger partial charge in [-0.1, -0.05) is 47.6 Å². The Bertz CT molecular complexity index is 768. The van der Waals surface area contributed by atoms with Crippen molar-refractivity contribution >= 4 is 11.9 Å². The summed E-state index contributed by atoms with van der Waals surface area (Å²) in [5, 5.41) is 8.97. The molecular formula is C24H31NO3. The SMILES string of the molecule is CC(C)=CCCC(C)=CC=C[C@H]1CCC(=O)N1CCc1ccc(C(=O)O)cc1. The van der Waals surface area contributed by atoms with Gasteiger partial charge in [-0.25, -0.2) is 4.79 Å². The van der Waals surface area contributed by atoms with Crippen LogP contribution in [0, 0.1) is 0 Å². The number of amides is 1. The van der Waals surface area contributed by atoms with Crippen molar-refractivity contribution < 1.29 is 14.7 Å². The first kappa shape index (κ1) is 21.7. The number of hydrogen-bond acceptors (Lipinski definition) is 2. The van der Waals surface area contributed by atoms with E-state index in [0.29, 0.717) is 13.0 Å². The molecule has 4 nitrogen and oxygen atoms in total. The first-order valence-corrected chi connectivity index (χ1v) is 9.96. The summed E-state index contributed by atoms with van der Waals surface area (Å²) in [5.74, 6) is -0.725. The van der Waals surface area contributed by atoms with Crippen molar-refractivity contribution in [1.29, 1.82) is 0 Å². The Morgan fingerprint density at radius 1 is 1.21 bits per heavy atom. The van der Waals surface area contributed by atoms with E-state index < -0.39 is 5.97 Å². The van der Waals surface area contributed by atoms with E-state index in [1.807, 2.05) is 17.0 Å². The van der Waals surface area contributed by atoms with E-state index >= 15 is 0 Å². The minimum atomic E-state index is -0.921. The van der Waals surface area contributed by atoms with Gasteiger partial charge in [-0.05, 0) is 64.2 Å². The number of rotatable bonds is 9. The van der Waals surface area contributed by atoms with Crippen molar-refractivity contribution in [2.24, 2.45) is 0 Å². The van der Waals surface area contributed by atoms with E-state index in [1.165, 1.54) is 11.1 Å². The summed E-state index contributed by atoms with van der Waals surface area (Å²) in [6, 6.07) is 7.03. The standard InChI is InChI=1S/C24H31NO3/c1-18(2)6-4-7-19(3)8-5-9-22-14-15-23(26)25(22)17-16-20-10-12-21(13-11-20)24(27)28/h5-6,8-13,22H,4,7,14-17H2,1-3H3,(H,27,28)/t22-/m0/s1. The third-order valence-corrected chi connectivity index (χ3v) is 5.02. The molecule has 0 radical (unpaired) electrons. The Hall–Kier alpha value is -2.62. The van der Waals surface area contributed by atoms with E-state index in [9.17, 15) is 9.59 Å². The first-order valence-electron chi connectivity index (χ1n) is 9.96. The Morgan fingerprint density at radius 2 is 1.93 bits per heavy atom. The molecule has 1 aromatic rings. The van der Waals surface area contributed by atoms with Gasteiger partial charge in [0.05, 0.1) is 11.6 Å². The fourth-order valence-electron chi connectivity index (χ4n) is 3.33. The van der Waals surface area contributed by atoms with E-state index in [0.717, 1.165) is 31.2 Å². The van der Waals surface area contributed by atoms with Crippen LogP contribution < -0.4 is 0 Å². The minimum Gasteiger partial charge on any atom is -0.478 e. The van der Waals surface area contributed by atoms with Gasteiger partial charge in [0.2, 0.25) is 5.91 Å². The molecule has 1 N–H and O–H groups in total. The molecule has 1 aliphatic rings. The largest absolute Gasteiger partial charge is 0.478 e. The molecule has 0 unspecified atom stereocenters. The minimum absolute atomic E-state index is 0.146.